The Labute approximate surface area is 202 Å². The summed E-state index contributed by atoms with van der Waals surface area (Å²) in [4.78, 5) is 12.3. The third-order valence-electron chi connectivity index (χ3n) is 7.16. The van der Waals surface area contributed by atoms with Crippen molar-refractivity contribution >= 4 is 18.3 Å². The predicted molar refractivity (Wildman–Crippen MR) is 132 cm³/mol. The Morgan fingerprint density at radius 1 is 1.03 bits per heavy atom. The van der Waals surface area contributed by atoms with E-state index in [4.69, 9.17) is 0 Å². The van der Waals surface area contributed by atoms with Crippen molar-refractivity contribution in [1.29, 1.82) is 0 Å². The van der Waals surface area contributed by atoms with Crippen LogP contribution in [0.1, 0.15) is 68.6 Å². The number of aryl methyl sites for hydroxylation is 1. The Bertz CT molecular complexity index is 873. The van der Waals surface area contributed by atoms with Gasteiger partial charge in [-0.3, -0.25) is 4.79 Å². The number of amides is 1. The average molecular weight is 475 g/mol. The summed E-state index contributed by atoms with van der Waals surface area (Å²) >= 11 is 0. The first-order valence-corrected chi connectivity index (χ1v) is 12.1. The predicted octanol–water partition coefficient (Wildman–Crippen LogP) is 5.10. The van der Waals surface area contributed by atoms with Crippen LogP contribution >= 0.6 is 12.4 Å². The molecule has 0 unspecified atom stereocenters. The Hall–Kier alpha value is -1.95. The second-order valence-electron chi connectivity index (χ2n) is 9.55. The lowest BCUT2D eigenvalue weighted by atomic mass is 9.82. The Morgan fingerprint density at radius 3 is 2.52 bits per heavy atom. The van der Waals surface area contributed by atoms with Gasteiger partial charge in [0.1, 0.15) is 5.82 Å². The Balaban J connectivity index is 0.00000306. The van der Waals surface area contributed by atoms with Gasteiger partial charge in [-0.25, -0.2) is 4.39 Å². The molecule has 2 aromatic carbocycles. The summed E-state index contributed by atoms with van der Waals surface area (Å²) in [5, 5.41) is 17.5. The molecule has 2 aromatic rings. The molecule has 1 heterocycles. The number of aliphatic hydroxyl groups excluding tert-OH is 1. The van der Waals surface area contributed by atoms with Gasteiger partial charge in [-0.05, 0) is 80.5 Å². The number of carbonyl (C=O) groups excluding carboxylic acids is 1. The zero-order chi connectivity index (χ0) is 22.3. The van der Waals surface area contributed by atoms with Gasteiger partial charge in [0.25, 0.3) is 0 Å². The molecule has 2 aliphatic rings. The fraction of sp³-hybridized carbons (Fsp3) is 0.519. The molecule has 1 amide bonds. The van der Waals surface area contributed by atoms with Gasteiger partial charge < -0.3 is 15.7 Å². The van der Waals surface area contributed by atoms with Crippen molar-refractivity contribution in [1.82, 2.24) is 10.6 Å². The van der Waals surface area contributed by atoms with Gasteiger partial charge in [-0.2, -0.15) is 0 Å². The quantitative estimate of drug-likeness (QED) is 0.498. The molecule has 3 N–H and O–H groups in total. The van der Waals surface area contributed by atoms with Gasteiger partial charge in [0.15, 0.2) is 0 Å². The smallest absolute Gasteiger partial charge is 0.220 e. The molecule has 33 heavy (non-hydrogen) atoms. The van der Waals surface area contributed by atoms with Crippen LogP contribution in [0.4, 0.5) is 4.39 Å². The summed E-state index contributed by atoms with van der Waals surface area (Å²) in [5.74, 6) is 0.513. The normalized spacial score (nSPS) is 25.8. The molecule has 0 radical (unpaired) electrons. The van der Waals surface area contributed by atoms with Crippen molar-refractivity contribution in [3.63, 3.8) is 0 Å². The van der Waals surface area contributed by atoms with Crippen LogP contribution in [0.3, 0.4) is 0 Å². The summed E-state index contributed by atoms with van der Waals surface area (Å²) in [6.45, 7) is 0. The first kappa shape index (κ1) is 25.7. The Kier molecular flexibility index (Phi) is 9.72. The summed E-state index contributed by atoms with van der Waals surface area (Å²) in [7, 11) is 0. The summed E-state index contributed by atoms with van der Waals surface area (Å²) in [6.07, 6.45) is 8.11. The van der Waals surface area contributed by atoms with Crippen LogP contribution in [-0.2, 0) is 11.2 Å². The molecule has 1 aliphatic heterocycles. The molecule has 3 atom stereocenters. The standard InChI is InChI=1S/C27H35FN2O2.ClH/c28-22-8-4-7-21(18-22)27(32)25-15-14-24(29-25)17-20-9-12-23(13-10-20)30-26(31)16-11-19-5-2-1-3-6-19;/h1-8,18,20,23-25,27,29,32H,9-17H2,(H,30,31);1H/t20?,23?,24-,25+,27-;/m0./s1. The number of hydrogen-bond acceptors (Lipinski definition) is 3. The van der Waals surface area contributed by atoms with E-state index >= 15 is 0 Å². The van der Waals surface area contributed by atoms with Gasteiger partial charge in [-0.15, -0.1) is 12.4 Å². The molecule has 1 aliphatic carbocycles. The molecule has 1 saturated carbocycles. The lowest BCUT2D eigenvalue weighted by Gasteiger charge is -2.31. The fourth-order valence-corrected chi connectivity index (χ4v) is 5.36. The van der Waals surface area contributed by atoms with E-state index in [1.165, 1.54) is 17.7 Å². The van der Waals surface area contributed by atoms with Crippen molar-refractivity contribution < 1.29 is 14.3 Å². The molecule has 0 aromatic heterocycles. The Morgan fingerprint density at radius 2 is 1.79 bits per heavy atom. The average Bonchev–Trinajstić information content (AvgIpc) is 3.28. The monoisotopic (exact) mass is 474 g/mol. The maximum atomic E-state index is 13.5. The second kappa shape index (κ2) is 12.5. The maximum Gasteiger partial charge on any atom is 0.220 e. The van der Waals surface area contributed by atoms with Crippen molar-refractivity contribution in [3.8, 4) is 0 Å². The van der Waals surface area contributed by atoms with Crippen molar-refractivity contribution in [2.45, 2.75) is 82.0 Å². The lowest BCUT2D eigenvalue weighted by Crippen LogP contribution is -2.39. The van der Waals surface area contributed by atoms with Gasteiger partial charge >= 0.3 is 0 Å². The van der Waals surface area contributed by atoms with E-state index in [2.05, 4.69) is 22.8 Å². The van der Waals surface area contributed by atoms with Crippen LogP contribution in [0.25, 0.3) is 0 Å². The van der Waals surface area contributed by atoms with E-state index in [0.29, 0.717) is 30.0 Å². The maximum absolute atomic E-state index is 13.5. The zero-order valence-corrected chi connectivity index (χ0v) is 19.9. The van der Waals surface area contributed by atoms with E-state index in [-0.39, 0.29) is 30.2 Å². The van der Waals surface area contributed by atoms with Crippen molar-refractivity contribution in [3.05, 3.63) is 71.5 Å². The van der Waals surface area contributed by atoms with E-state index in [1.54, 1.807) is 12.1 Å². The van der Waals surface area contributed by atoms with Crippen LogP contribution in [0.2, 0.25) is 0 Å². The van der Waals surface area contributed by atoms with Crippen LogP contribution < -0.4 is 10.6 Å². The number of nitrogens with one attached hydrogen (secondary N) is 2. The summed E-state index contributed by atoms with van der Waals surface area (Å²) < 4.78 is 13.5. The highest BCUT2D eigenvalue weighted by Crippen LogP contribution is 2.33. The number of carbonyl (C=O) groups is 1. The summed E-state index contributed by atoms with van der Waals surface area (Å²) in [6, 6.07) is 17.1. The molecule has 4 nitrogen and oxygen atoms in total. The molecular formula is C27H36ClFN2O2. The lowest BCUT2D eigenvalue weighted by molar-refractivity contribution is -0.122. The minimum Gasteiger partial charge on any atom is -0.387 e. The second-order valence-corrected chi connectivity index (χ2v) is 9.55. The van der Waals surface area contributed by atoms with Crippen LogP contribution in [0.15, 0.2) is 54.6 Å². The third-order valence-corrected chi connectivity index (χ3v) is 7.16. The van der Waals surface area contributed by atoms with Gasteiger partial charge in [0.2, 0.25) is 5.91 Å². The summed E-state index contributed by atoms with van der Waals surface area (Å²) in [5.41, 5.74) is 1.85. The number of halogens is 2. The third kappa shape index (κ3) is 7.53. The van der Waals surface area contributed by atoms with E-state index in [0.717, 1.165) is 51.4 Å². The molecule has 180 valence electrons. The fourth-order valence-electron chi connectivity index (χ4n) is 5.36. The molecule has 2 fully saturated rings. The zero-order valence-electron chi connectivity index (χ0n) is 19.1. The highest BCUT2D eigenvalue weighted by Gasteiger charge is 2.32. The van der Waals surface area contributed by atoms with Crippen molar-refractivity contribution in [2.75, 3.05) is 0 Å². The topological polar surface area (TPSA) is 61.4 Å². The highest BCUT2D eigenvalue weighted by atomic mass is 35.5. The van der Waals surface area contributed by atoms with Crippen LogP contribution in [0, 0.1) is 11.7 Å². The SMILES string of the molecule is Cl.O=C(CCc1ccccc1)NC1CCC(C[C@@H]2CC[C@H]([C@@H](O)c3cccc(F)c3)N2)CC1. The van der Waals surface area contributed by atoms with Gasteiger partial charge in [0.05, 0.1) is 6.10 Å². The number of rotatable bonds is 8. The van der Waals surface area contributed by atoms with E-state index in [1.807, 2.05) is 18.2 Å². The largest absolute Gasteiger partial charge is 0.387 e. The van der Waals surface area contributed by atoms with Crippen LogP contribution in [0.5, 0.6) is 0 Å². The molecule has 0 spiro atoms. The minimum absolute atomic E-state index is 0. The van der Waals surface area contributed by atoms with Gasteiger partial charge in [0, 0.05) is 24.5 Å². The number of hydrogen-bond donors (Lipinski definition) is 3. The molecular weight excluding hydrogens is 439 g/mol. The first-order valence-electron chi connectivity index (χ1n) is 12.1. The highest BCUT2D eigenvalue weighted by molar-refractivity contribution is 5.85. The van der Waals surface area contributed by atoms with E-state index in [9.17, 15) is 14.3 Å². The van der Waals surface area contributed by atoms with Crippen molar-refractivity contribution in [2.24, 2.45) is 5.92 Å². The number of benzene rings is 2. The number of aliphatic hydroxyl groups is 1. The molecule has 1 saturated heterocycles. The molecule has 6 heteroatoms. The van der Waals surface area contributed by atoms with Crippen LogP contribution in [-0.4, -0.2) is 29.1 Å². The molecule has 0 bridgehead atoms. The minimum atomic E-state index is -0.669. The first-order chi connectivity index (χ1) is 15.6. The van der Waals surface area contributed by atoms with Gasteiger partial charge in [-0.1, -0.05) is 42.5 Å². The molecule has 4 rings (SSSR count). The van der Waals surface area contributed by atoms with E-state index < -0.39 is 6.10 Å².